The Bertz CT molecular complexity index is 695. The van der Waals surface area contributed by atoms with Crippen LogP contribution in [0.4, 0.5) is 0 Å². The molecule has 25 heavy (non-hydrogen) atoms. The van der Waals surface area contributed by atoms with E-state index in [9.17, 15) is 13.2 Å². The Morgan fingerprint density at radius 3 is 2.72 bits per heavy atom. The fraction of sp³-hybridized carbons (Fsp3) is 0.706. The van der Waals surface area contributed by atoms with Crippen molar-refractivity contribution in [3.8, 4) is 0 Å². The van der Waals surface area contributed by atoms with Gasteiger partial charge < -0.3 is 10.1 Å². The van der Waals surface area contributed by atoms with Crippen LogP contribution in [0.5, 0.6) is 0 Å². The number of nitrogens with zero attached hydrogens (tertiary/aromatic N) is 1. The summed E-state index contributed by atoms with van der Waals surface area (Å²) >= 11 is 1.19. The first kappa shape index (κ1) is 18.8. The second-order valence-corrected chi connectivity index (χ2v) is 10.2. The van der Waals surface area contributed by atoms with Gasteiger partial charge in [0, 0.05) is 24.0 Å². The van der Waals surface area contributed by atoms with Crippen molar-refractivity contribution in [3.63, 3.8) is 0 Å². The van der Waals surface area contributed by atoms with Crippen molar-refractivity contribution >= 4 is 27.3 Å². The lowest BCUT2D eigenvalue weighted by Gasteiger charge is -2.29. The highest BCUT2D eigenvalue weighted by Crippen LogP contribution is 2.27. The second kappa shape index (κ2) is 8.16. The summed E-state index contributed by atoms with van der Waals surface area (Å²) in [6.07, 6.45) is 4.84. The van der Waals surface area contributed by atoms with Crippen molar-refractivity contribution in [1.29, 1.82) is 0 Å². The number of hydrogen-bond donors (Lipinski definition) is 1. The van der Waals surface area contributed by atoms with Crippen LogP contribution < -0.4 is 5.32 Å². The zero-order valence-corrected chi connectivity index (χ0v) is 16.2. The standard InChI is InChI=1S/C17H26N2O4S2/c1-13-4-2-3-5-15(13)18-16(20)12-14-6-7-17(24-14)25(21,22)19-8-10-23-11-9-19/h6-7,13,15H,2-5,8-12H2,1H3,(H,18,20)/t13-,15+/m1/s1. The van der Waals surface area contributed by atoms with Crippen LogP contribution in [-0.4, -0.2) is 51.0 Å². The normalized spacial score (nSPS) is 25.6. The minimum atomic E-state index is -3.47. The topological polar surface area (TPSA) is 75.7 Å². The minimum Gasteiger partial charge on any atom is -0.379 e. The lowest BCUT2D eigenvalue weighted by Crippen LogP contribution is -2.41. The number of carbonyl (C=O) groups excluding carboxylic acids is 1. The highest BCUT2D eigenvalue weighted by molar-refractivity contribution is 7.91. The lowest BCUT2D eigenvalue weighted by molar-refractivity contribution is -0.121. The van der Waals surface area contributed by atoms with Gasteiger partial charge in [-0.2, -0.15) is 4.31 Å². The van der Waals surface area contributed by atoms with Gasteiger partial charge in [0.05, 0.1) is 19.6 Å². The minimum absolute atomic E-state index is 0.0177. The van der Waals surface area contributed by atoms with E-state index in [0.29, 0.717) is 36.4 Å². The van der Waals surface area contributed by atoms with Gasteiger partial charge in [-0.25, -0.2) is 8.42 Å². The molecule has 6 nitrogen and oxygen atoms in total. The molecule has 1 saturated heterocycles. The highest BCUT2D eigenvalue weighted by Gasteiger charge is 2.28. The SMILES string of the molecule is C[C@@H]1CCCC[C@@H]1NC(=O)Cc1ccc(S(=O)(=O)N2CCOCC2)s1. The quantitative estimate of drug-likeness (QED) is 0.840. The summed E-state index contributed by atoms with van der Waals surface area (Å²) in [5.74, 6) is 0.495. The van der Waals surface area contributed by atoms with Gasteiger partial charge in [0.15, 0.2) is 0 Å². The van der Waals surface area contributed by atoms with Gasteiger partial charge in [-0.05, 0) is 30.9 Å². The predicted octanol–water partition coefficient (Wildman–Crippen LogP) is 2.01. The van der Waals surface area contributed by atoms with E-state index in [-0.39, 0.29) is 18.4 Å². The van der Waals surface area contributed by atoms with Crippen molar-refractivity contribution in [2.45, 2.75) is 49.3 Å². The van der Waals surface area contributed by atoms with E-state index in [0.717, 1.165) is 24.1 Å². The van der Waals surface area contributed by atoms with E-state index < -0.39 is 10.0 Å². The summed E-state index contributed by atoms with van der Waals surface area (Å²) in [5, 5.41) is 3.12. The number of ether oxygens (including phenoxy) is 1. The maximum atomic E-state index is 12.6. The summed E-state index contributed by atoms with van der Waals surface area (Å²) in [6.45, 7) is 3.81. The molecular weight excluding hydrogens is 360 g/mol. The molecule has 0 aromatic carbocycles. The lowest BCUT2D eigenvalue weighted by atomic mass is 9.86. The molecule has 0 radical (unpaired) electrons. The molecule has 1 amide bonds. The number of rotatable bonds is 5. The third-order valence-corrected chi connectivity index (χ3v) is 8.45. The van der Waals surface area contributed by atoms with Gasteiger partial charge in [0.1, 0.15) is 4.21 Å². The van der Waals surface area contributed by atoms with E-state index >= 15 is 0 Å². The molecule has 0 spiro atoms. The van der Waals surface area contributed by atoms with Crippen LogP contribution in [-0.2, 0) is 26.0 Å². The van der Waals surface area contributed by atoms with Crippen LogP contribution in [0.1, 0.15) is 37.5 Å². The molecule has 2 heterocycles. The molecule has 1 aliphatic heterocycles. The van der Waals surface area contributed by atoms with E-state index in [2.05, 4.69) is 12.2 Å². The predicted molar refractivity (Wildman–Crippen MR) is 97.2 cm³/mol. The van der Waals surface area contributed by atoms with Crippen molar-refractivity contribution in [1.82, 2.24) is 9.62 Å². The third kappa shape index (κ3) is 4.61. The van der Waals surface area contributed by atoms with Gasteiger partial charge in [-0.3, -0.25) is 4.79 Å². The number of sulfonamides is 1. The Balaban J connectivity index is 1.60. The van der Waals surface area contributed by atoms with Crippen molar-refractivity contribution < 1.29 is 17.9 Å². The van der Waals surface area contributed by atoms with Crippen molar-refractivity contribution in [3.05, 3.63) is 17.0 Å². The zero-order valence-electron chi connectivity index (χ0n) is 14.6. The Kier molecular flexibility index (Phi) is 6.14. The average molecular weight is 387 g/mol. The molecule has 140 valence electrons. The van der Waals surface area contributed by atoms with Gasteiger partial charge in [-0.1, -0.05) is 19.8 Å². The fourth-order valence-electron chi connectivity index (χ4n) is 3.45. The molecule has 1 aromatic rings. The molecular formula is C17H26N2O4S2. The smallest absolute Gasteiger partial charge is 0.252 e. The molecule has 1 aliphatic carbocycles. The third-order valence-electron chi connectivity index (χ3n) is 4.99. The van der Waals surface area contributed by atoms with E-state index in [4.69, 9.17) is 4.74 Å². The first-order valence-electron chi connectivity index (χ1n) is 8.93. The molecule has 2 fully saturated rings. The Morgan fingerprint density at radius 1 is 1.28 bits per heavy atom. The van der Waals surface area contributed by atoms with Crippen molar-refractivity contribution in [2.24, 2.45) is 5.92 Å². The fourth-order valence-corrected chi connectivity index (χ4v) is 6.37. The zero-order chi connectivity index (χ0) is 17.9. The largest absolute Gasteiger partial charge is 0.379 e. The maximum Gasteiger partial charge on any atom is 0.252 e. The number of amides is 1. The van der Waals surface area contributed by atoms with E-state index in [1.54, 1.807) is 12.1 Å². The summed E-state index contributed by atoms with van der Waals surface area (Å²) < 4.78 is 32.2. The molecule has 0 unspecified atom stereocenters. The molecule has 1 aromatic heterocycles. The number of hydrogen-bond acceptors (Lipinski definition) is 5. The molecule has 8 heteroatoms. The van der Waals surface area contributed by atoms with E-state index in [1.165, 1.54) is 22.1 Å². The Labute approximate surface area is 153 Å². The van der Waals surface area contributed by atoms with Gasteiger partial charge >= 0.3 is 0 Å². The monoisotopic (exact) mass is 386 g/mol. The van der Waals surface area contributed by atoms with Gasteiger partial charge in [0.2, 0.25) is 5.91 Å². The molecule has 1 N–H and O–H groups in total. The number of morpholine rings is 1. The van der Waals surface area contributed by atoms with Crippen molar-refractivity contribution in [2.75, 3.05) is 26.3 Å². The van der Waals surface area contributed by atoms with Crippen LogP contribution in [0.15, 0.2) is 16.3 Å². The van der Waals surface area contributed by atoms with Crippen LogP contribution in [0.25, 0.3) is 0 Å². The van der Waals surface area contributed by atoms with Gasteiger partial charge in [0.25, 0.3) is 10.0 Å². The van der Waals surface area contributed by atoms with E-state index in [1.807, 2.05) is 0 Å². The number of carbonyl (C=O) groups is 1. The maximum absolute atomic E-state index is 12.6. The Morgan fingerprint density at radius 2 is 2.00 bits per heavy atom. The molecule has 2 aliphatic rings. The van der Waals surface area contributed by atoms with Gasteiger partial charge in [-0.15, -0.1) is 11.3 Å². The summed E-state index contributed by atoms with van der Waals surface area (Å²) in [6, 6.07) is 3.61. The summed E-state index contributed by atoms with van der Waals surface area (Å²) in [4.78, 5) is 13.1. The Hall–Kier alpha value is -0.960. The molecule has 3 rings (SSSR count). The number of nitrogens with one attached hydrogen (secondary N) is 1. The highest BCUT2D eigenvalue weighted by atomic mass is 32.2. The first-order valence-corrected chi connectivity index (χ1v) is 11.2. The average Bonchev–Trinajstić information content (AvgIpc) is 3.07. The molecule has 1 saturated carbocycles. The second-order valence-electron chi connectivity index (χ2n) is 6.85. The summed E-state index contributed by atoms with van der Waals surface area (Å²) in [7, 11) is -3.47. The van der Waals surface area contributed by atoms with Crippen LogP contribution in [0.2, 0.25) is 0 Å². The molecule has 2 atom stereocenters. The first-order chi connectivity index (χ1) is 12.0. The van der Waals surface area contributed by atoms with Crippen LogP contribution in [0.3, 0.4) is 0 Å². The van der Waals surface area contributed by atoms with Crippen LogP contribution >= 0.6 is 11.3 Å². The summed E-state index contributed by atoms with van der Waals surface area (Å²) in [5.41, 5.74) is 0. The number of thiophene rings is 1. The van der Waals surface area contributed by atoms with Crippen LogP contribution in [0, 0.1) is 5.92 Å². The molecule has 0 bridgehead atoms.